The van der Waals surface area contributed by atoms with Crippen LogP contribution < -0.4 is 5.32 Å². The van der Waals surface area contributed by atoms with E-state index in [1.54, 1.807) is 36.2 Å². The summed E-state index contributed by atoms with van der Waals surface area (Å²) in [6, 6.07) is 14.5. The summed E-state index contributed by atoms with van der Waals surface area (Å²) in [7, 11) is 1.75. The fourth-order valence-corrected chi connectivity index (χ4v) is 3.47. The van der Waals surface area contributed by atoms with Crippen LogP contribution in [0.1, 0.15) is 39.2 Å². The molecule has 1 saturated heterocycles. The molecule has 6 heteroatoms. The summed E-state index contributed by atoms with van der Waals surface area (Å²) >= 11 is 6.14. The van der Waals surface area contributed by atoms with Crippen LogP contribution in [0.15, 0.2) is 48.5 Å². The molecule has 0 saturated carbocycles. The van der Waals surface area contributed by atoms with Crippen LogP contribution in [-0.2, 0) is 0 Å². The van der Waals surface area contributed by atoms with Crippen molar-refractivity contribution >= 4 is 23.4 Å². The average molecular weight is 386 g/mol. The molecule has 2 aromatic carbocycles. The quantitative estimate of drug-likeness (QED) is 0.879. The Morgan fingerprint density at radius 2 is 1.93 bits per heavy atom. The summed E-state index contributed by atoms with van der Waals surface area (Å²) in [6.07, 6.45) is 0. The zero-order valence-electron chi connectivity index (χ0n) is 15.6. The Kier molecular flexibility index (Phi) is 6.14. The highest BCUT2D eigenvalue weighted by molar-refractivity contribution is 6.30. The van der Waals surface area contributed by atoms with Gasteiger partial charge in [0.1, 0.15) is 0 Å². The molecule has 1 N–H and O–H groups in total. The first-order chi connectivity index (χ1) is 13.0. The third-order valence-corrected chi connectivity index (χ3v) is 5.15. The largest absolute Gasteiger partial charge is 0.342 e. The maximum atomic E-state index is 13.2. The predicted octanol–water partition coefficient (Wildman–Crippen LogP) is 3.22. The topological polar surface area (TPSA) is 52.7 Å². The molecular weight excluding hydrogens is 362 g/mol. The maximum Gasteiger partial charge on any atom is 0.254 e. The van der Waals surface area contributed by atoms with Gasteiger partial charge in [0, 0.05) is 49.4 Å². The summed E-state index contributed by atoms with van der Waals surface area (Å²) in [5, 5.41) is 4.00. The molecule has 1 atom stereocenters. The van der Waals surface area contributed by atoms with Crippen molar-refractivity contribution in [2.75, 3.05) is 33.2 Å². The first kappa shape index (κ1) is 19.4. The number of halogens is 1. The second-order valence-corrected chi connectivity index (χ2v) is 7.11. The van der Waals surface area contributed by atoms with E-state index >= 15 is 0 Å². The molecule has 2 amide bonds. The monoisotopic (exact) mass is 385 g/mol. The lowest BCUT2D eigenvalue weighted by molar-refractivity contribution is 0.0634. The van der Waals surface area contributed by atoms with Gasteiger partial charge in [-0.15, -0.1) is 0 Å². The van der Waals surface area contributed by atoms with E-state index in [0.29, 0.717) is 35.8 Å². The number of benzene rings is 2. The van der Waals surface area contributed by atoms with E-state index in [2.05, 4.69) is 5.32 Å². The van der Waals surface area contributed by atoms with E-state index in [9.17, 15) is 9.59 Å². The van der Waals surface area contributed by atoms with Crippen LogP contribution in [0.2, 0.25) is 5.02 Å². The van der Waals surface area contributed by atoms with E-state index in [4.69, 9.17) is 11.6 Å². The Hall–Kier alpha value is -2.37. The molecule has 0 aromatic heterocycles. The molecule has 1 fully saturated rings. The highest BCUT2D eigenvalue weighted by atomic mass is 35.5. The number of amides is 2. The van der Waals surface area contributed by atoms with Gasteiger partial charge in [0.05, 0.1) is 6.04 Å². The summed E-state index contributed by atoms with van der Waals surface area (Å²) in [4.78, 5) is 29.1. The van der Waals surface area contributed by atoms with Gasteiger partial charge in [-0.05, 0) is 42.8 Å². The van der Waals surface area contributed by atoms with Crippen molar-refractivity contribution in [1.29, 1.82) is 0 Å². The summed E-state index contributed by atoms with van der Waals surface area (Å²) in [5.41, 5.74) is 2.06. The van der Waals surface area contributed by atoms with E-state index in [0.717, 1.165) is 12.1 Å². The Balaban J connectivity index is 1.88. The highest BCUT2D eigenvalue weighted by Gasteiger charge is 2.29. The van der Waals surface area contributed by atoms with Crippen LogP contribution in [0, 0.1) is 0 Å². The van der Waals surface area contributed by atoms with Gasteiger partial charge in [0.15, 0.2) is 0 Å². The smallest absolute Gasteiger partial charge is 0.254 e. The van der Waals surface area contributed by atoms with Crippen molar-refractivity contribution in [3.8, 4) is 0 Å². The predicted molar refractivity (Wildman–Crippen MR) is 107 cm³/mol. The minimum atomic E-state index is -0.0948. The van der Waals surface area contributed by atoms with Crippen LogP contribution in [0.25, 0.3) is 0 Å². The molecule has 1 heterocycles. The van der Waals surface area contributed by atoms with Crippen molar-refractivity contribution < 1.29 is 9.59 Å². The first-order valence-electron chi connectivity index (χ1n) is 9.14. The Morgan fingerprint density at radius 1 is 1.19 bits per heavy atom. The number of carbonyl (C=O) groups excluding carboxylic acids is 2. The van der Waals surface area contributed by atoms with E-state index < -0.39 is 0 Å². The molecule has 27 heavy (non-hydrogen) atoms. The fourth-order valence-electron chi connectivity index (χ4n) is 3.27. The SMILES string of the molecule is CCN(C)C(=O)c1cccc(C(=O)N2CCNCC2c2cccc(Cl)c2)c1. The zero-order valence-corrected chi connectivity index (χ0v) is 16.4. The minimum absolute atomic E-state index is 0.0738. The molecule has 2 aromatic rings. The third-order valence-electron chi connectivity index (χ3n) is 4.92. The van der Waals surface area contributed by atoms with Gasteiger partial charge in [0.25, 0.3) is 11.8 Å². The van der Waals surface area contributed by atoms with Gasteiger partial charge in [-0.2, -0.15) is 0 Å². The Labute approximate surface area is 164 Å². The summed E-state index contributed by atoms with van der Waals surface area (Å²) in [5.74, 6) is -0.158. The molecule has 3 rings (SSSR count). The number of carbonyl (C=O) groups is 2. The molecule has 0 radical (unpaired) electrons. The molecule has 5 nitrogen and oxygen atoms in total. The van der Waals surface area contributed by atoms with Gasteiger partial charge in [0.2, 0.25) is 0 Å². The summed E-state index contributed by atoms with van der Waals surface area (Å²) < 4.78 is 0. The number of rotatable bonds is 4. The second kappa shape index (κ2) is 8.55. The van der Waals surface area contributed by atoms with E-state index in [1.807, 2.05) is 36.1 Å². The van der Waals surface area contributed by atoms with Crippen LogP contribution in [0.5, 0.6) is 0 Å². The highest BCUT2D eigenvalue weighted by Crippen LogP contribution is 2.26. The first-order valence-corrected chi connectivity index (χ1v) is 9.51. The van der Waals surface area contributed by atoms with Gasteiger partial charge >= 0.3 is 0 Å². The number of piperazine rings is 1. The van der Waals surface area contributed by atoms with Crippen molar-refractivity contribution in [3.05, 3.63) is 70.2 Å². The maximum absolute atomic E-state index is 13.2. The summed E-state index contributed by atoms with van der Waals surface area (Å²) in [6.45, 7) is 4.54. The molecule has 0 bridgehead atoms. The van der Waals surface area contributed by atoms with Crippen molar-refractivity contribution in [1.82, 2.24) is 15.1 Å². The molecule has 0 aliphatic carbocycles. The number of hydrogen-bond donors (Lipinski definition) is 1. The number of nitrogens with one attached hydrogen (secondary N) is 1. The molecule has 0 spiro atoms. The standard InChI is InChI=1S/C21H24ClN3O2/c1-3-24(2)20(26)16-7-4-8-17(12-16)21(27)25-11-10-23-14-19(25)15-6-5-9-18(22)13-15/h4-9,12-13,19,23H,3,10-11,14H2,1-2H3. The van der Waals surface area contributed by atoms with Gasteiger partial charge in [-0.3, -0.25) is 9.59 Å². The normalized spacial score (nSPS) is 16.9. The van der Waals surface area contributed by atoms with Crippen molar-refractivity contribution in [2.24, 2.45) is 0 Å². The molecular formula is C21H24ClN3O2. The lowest BCUT2D eigenvalue weighted by atomic mass is 10.0. The van der Waals surface area contributed by atoms with E-state index in [1.165, 1.54) is 0 Å². The molecule has 142 valence electrons. The molecule has 1 unspecified atom stereocenters. The van der Waals surface area contributed by atoms with Crippen molar-refractivity contribution in [2.45, 2.75) is 13.0 Å². The van der Waals surface area contributed by atoms with E-state index in [-0.39, 0.29) is 17.9 Å². The van der Waals surface area contributed by atoms with Crippen LogP contribution in [0.4, 0.5) is 0 Å². The Morgan fingerprint density at radius 3 is 2.67 bits per heavy atom. The average Bonchev–Trinajstić information content (AvgIpc) is 2.72. The Bertz CT molecular complexity index is 840. The van der Waals surface area contributed by atoms with Gasteiger partial charge < -0.3 is 15.1 Å². The fraction of sp³-hybridized carbons (Fsp3) is 0.333. The third kappa shape index (κ3) is 4.31. The van der Waals surface area contributed by atoms with Gasteiger partial charge in [-0.1, -0.05) is 29.8 Å². The molecule has 1 aliphatic heterocycles. The van der Waals surface area contributed by atoms with Gasteiger partial charge in [-0.25, -0.2) is 0 Å². The minimum Gasteiger partial charge on any atom is -0.342 e. The van der Waals surface area contributed by atoms with Crippen molar-refractivity contribution in [3.63, 3.8) is 0 Å². The van der Waals surface area contributed by atoms with Crippen LogP contribution in [0.3, 0.4) is 0 Å². The lowest BCUT2D eigenvalue weighted by Crippen LogP contribution is -2.48. The number of hydrogen-bond acceptors (Lipinski definition) is 3. The van der Waals surface area contributed by atoms with Crippen LogP contribution >= 0.6 is 11.6 Å². The van der Waals surface area contributed by atoms with Crippen LogP contribution in [-0.4, -0.2) is 54.8 Å². The lowest BCUT2D eigenvalue weighted by Gasteiger charge is -2.36. The zero-order chi connectivity index (χ0) is 19.4. The second-order valence-electron chi connectivity index (χ2n) is 6.67. The number of nitrogens with zero attached hydrogens (tertiary/aromatic N) is 2. The molecule has 1 aliphatic rings.